The smallest absolute Gasteiger partial charge is 0.328 e. The van der Waals surface area contributed by atoms with E-state index in [9.17, 15) is 4.79 Å². The lowest BCUT2D eigenvalue weighted by Crippen LogP contribution is -2.01. The number of benzene rings is 2. The van der Waals surface area contributed by atoms with Crippen LogP contribution in [0.2, 0.25) is 0 Å². The van der Waals surface area contributed by atoms with Crippen LogP contribution < -0.4 is 16.2 Å². The Balaban J connectivity index is 1.99. The molecule has 0 atom stereocenters. The van der Waals surface area contributed by atoms with Gasteiger partial charge in [-0.1, -0.05) is 18.2 Å². The minimum atomic E-state index is -0.978. The summed E-state index contributed by atoms with van der Waals surface area (Å²) in [4.78, 5) is 10.4. The first kappa shape index (κ1) is 14.5. The molecule has 0 fully saturated rings. The van der Waals surface area contributed by atoms with Crippen molar-refractivity contribution in [2.24, 2.45) is 0 Å². The molecule has 5 heteroatoms. The summed E-state index contributed by atoms with van der Waals surface area (Å²) >= 11 is 0. The summed E-state index contributed by atoms with van der Waals surface area (Å²) in [6, 6.07) is 12.4. The third-order valence-corrected chi connectivity index (χ3v) is 2.86. The van der Waals surface area contributed by atoms with E-state index in [0.717, 1.165) is 17.2 Å². The lowest BCUT2D eigenvalue weighted by atomic mass is 10.1. The van der Waals surface area contributed by atoms with Crippen molar-refractivity contribution in [3.63, 3.8) is 0 Å². The first-order chi connectivity index (χ1) is 10.0. The molecule has 0 aliphatic heterocycles. The second kappa shape index (κ2) is 6.47. The first-order valence-electron chi connectivity index (χ1n) is 6.32. The minimum absolute atomic E-state index is 0.344. The van der Waals surface area contributed by atoms with Gasteiger partial charge in [0.1, 0.15) is 12.4 Å². The van der Waals surface area contributed by atoms with Crippen LogP contribution in [-0.2, 0) is 11.4 Å². The second-order valence-corrected chi connectivity index (χ2v) is 4.49. The standard InChI is InChI=1S/C16H16N2O3/c17-13-5-4-12(15(18)9-13)10-21-14-6-1-11(2-7-14)3-8-16(19)20/h1-9H,10,17-18H2,(H,19,20). The Bertz CT molecular complexity index is 664. The van der Waals surface area contributed by atoms with E-state index in [4.69, 9.17) is 21.3 Å². The van der Waals surface area contributed by atoms with E-state index < -0.39 is 5.97 Å². The van der Waals surface area contributed by atoms with Crippen molar-refractivity contribution in [2.45, 2.75) is 6.61 Å². The molecule has 2 aromatic carbocycles. The summed E-state index contributed by atoms with van der Waals surface area (Å²) in [5.41, 5.74) is 14.3. The van der Waals surface area contributed by atoms with Crippen LogP contribution >= 0.6 is 0 Å². The molecule has 0 aliphatic carbocycles. The van der Waals surface area contributed by atoms with E-state index in [1.54, 1.807) is 36.4 Å². The number of nitrogens with two attached hydrogens (primary N) is 2. The lowest BCUT2D eigenvalue weighted by Gasteiger charge is -2.09. The molecule has 0 aromatic heterocycles. The SMILES string of the molecule is Nc1ccc(COc2ccc(C=CC(=O)O)cc2)c(N)c1. The highest BCUT2D eigenvalue weighted by atomic mass is 16.5. The molecular formula is C16H16N2O3. The van der Waals surface area contributed by atoms with Crippen LogP contribution in [0.3, 0.4) is 0 Å². The Hall–Kier alpha value is -2.95. The van der Waals surface area contributed by atoms with Gasteiger partial charge in [-0.3, -0.25) is 0 Å². The van der Waals surface area contributed by atoms with E-state index in [1.807, 2.05) is 6.07 Å². The molecule has 5 N–H and O–H groups in total. The number of carboxylic acids is 1. The van der Waals surface area contributed by atoms with Gasteiger partial charge in [0.25, 0.3) is 0 Å². The van der Waals surface area contributed by atoms with Gasteiger partial charge < -0.3 is 21.3 Å². The quantitative estimate of drug-likeness (QED) is 0.579. The Morgan fingerprint density at radius 2 is 1.86 bits per heavy atom. The van der Waals surface area contributed by atoms with Gasteiger partial charge in [0, 0.05) is 23.0 Å². The molecule has 5 nitrogen and oxygen atoms in total. The van der Waals surface area contributed by atoms with Crippen molar-refractivity contribution in [3.8, 4) is 5.75 Å². The normalized spacial score (nSPS) is 10.7. The zero-order valence-corrected chi connectivity index (χ0v) is 11.3. The van der Waals surface area contributed by atoms with Crippen molar-refractivity contribution < 1.29 is 14.6 Å². The third-order valence-electron chi connectivity index (χ3n) is 2.86. The largest absolute Gasteiger partial charge is 0.489 e. The number of nitrogen functional groups attached to an aromatic ring is 2. The summed E-state index contributed by atoms with van der Waals surface area (Å²) in [6.07, 6.45) is 2.61. The summed E-state index contributed by atoms with van der Waals surface area (Å²) in [6.45, 7) is 0.344. The molecule has 0 heterocycles. The van der Waals surface area contributed by atoms with Crippen molar-refractivity contribution in [1.82, 2.24) is 0 Å². The van der Waals surface area contributed by atoms with Crippen LogP contribution in [0.15, 0.2) is 48.5 Å². The number of rotatable bonds is 5. The fraction of sp³-hybridized carbons (Fsp3) is 0.0625. The average molecular weight is 284 g/mol. The van der Waals surface area contributed by atoms with Crippen molar-refractivity contribution >= 4 is 23.4 Å². The average Bonchev–Trinajstić information content (AvgIpc) is 2.45. The van der Waals surface area contributed by atoms with Crippen molar-refractivity contribution in [3.05, 3.63) is 59.7 Å². The fourth-order valence-corrected chi connectivity index (χ4v) is 1.75. The van der Waals surface area contributed by atoms with E-state index in [0.29, 0.717) is 23.7 Å². The molecule has 0 unspecified atom stereocenters. The van der Waals surface area contributed by atoms with E-state index in [1.165, 1.54) is 6.08 Å². The van der Waals surface area contributed by atoms with Gasteiger partial charge in [0.15, 0.2) is 0 Å². The van der Waals surface area contributed by atoms with Gasteiger partial charge in [-0.15, -0.1) is 0 Å². The maximum absolute atomic E-state index is 10.4. The van der Waals surface area contributed by atoms with Crippen LogP contribution in [0.25, 0.3) is 6.08 Å². The van der Waals surface area contributed by atoms with Crippen LogP contribution in [0.5, 0.6) is 5.75 Å². The van der Waals surface area contributed by atoms with Gasteiger partial charge in [0.05, 0.1) is 0 Å². The molecule has 0 saturated carbocycles. The topological polar surface area (TPSA) is 98.6 Å². The van der Waals surface area contributed by atoms with E-state index in [2.05, 4.69) is 0 Å². The monoisotopic (exact) mass is 284 g/mol. The Kier molecular flexibility index (Phi) is 4.46. The highest BCUT2D eigenvalue weighted by molar-refractivity contribution is 5.85. The highest BCUT2D eigenvalue weighted by Crippen LogP contribution is 2.19. The Labute approximate surface area is 122 Å². The van der Waals surface area contributed by atoms with Crippen molar-refractivity contribution in [2.75, 3.05) is 11.5 Å². The molecule has 0 bridgehead atoms. The molecule has 0 aliphatic rings. The number of ether oxygens (including phenoxy) is 1. The summed E-state index contributed by atoms with van der Waals surface area (Å²) in [5.74, 6) is -0.298. The zero-order valence-electron chi connectivity index (χ0n) is 11.3. The van der Waals surface area contributed by atoms with Gasteiger partial charge in [-0.05, 0) is 35.9 Å². The predicted molar refractivity (Wildman–Crippen MR) is 82.7 cm³/mol. The maximum atomic E-state index is 10.4. The van der Waals surface area contributed by atoms with Crippen molar-refractivity contribution in [1.29, 1.82) is 0 Å². The molecule has 2 aromatic rings. The van der Waals surface area contributed by atoms with Gasteiger partial charge in [-0.2, -0.15) is 0 Å². The number of hydrogen-bond acceptors (Lipinski definition) is 4. The Morgan fingerprint density at radius 1 is 1.14 bits per heavy atom. The molecule has 0 spiro atoms. The first-order valence-corrected chi connectivity index (χ1v) is 6.32. The van der Waals surface area contributed by atoms with Crippen LogP contribution in [0.4, 0.5) is 11.4 Å². The minimum Gasteiger partial charge on any atom is -0.489 e. The second-order valence-electron chi connectivity index (χ2n) is 4.49. The fourth-order valence-electron chi connectivity index (χ4n) is 1.75. The molecule has 0 saturated heterocycles. The van der Waals surface area contributed by atoms with Gasteiger partial charge in [-0.25, -0.2) is 4.79 Å². The van der Waals surface area contributed by atoms with Gasteiger partial charge >= 0.3 is 5.97 Å². The number of hydrogen-bond donors (Lipinski definition) is 3. The molecular weight excluding hydrogens is 268 g/mol. The molecule has 21 heavy (non-hydrogen) atoms. The number of carbonyl (C=O) groups is 1. The van der Waals surface area contributed by atoms with Gasteiger partial charge in [0.2, 0.25) is 0 Å². The third kappa shape index (κ3) is 4.28. The number of aliphatic carboxylic acids is 1. The predicted octanol–water partition coefficient (Wildman–Crippen LogP) is 2.53. The maximum Gasteiger partial charge on any atom is 0.328 e. The van der Waals surface area contributed by atoms with E-state index in [-0.39, 0.29) is 0 Å². The van der Waals surface area contributed by atoms with E-state index >= 15 is 0 Å². The molecule has 0 radical (unpaired) electrons. The number of anilines is 2. The Morgan fingerprint density at radius 3 is 2.48 bits per heavy atom. The van der Waals surface area contributed by atoms with Crippen LogP contribution in [0.1, 0.15) is 11.1 Å². The molecule has 2 rings (SSSR count). The van der Waals surface area contributed by atoms with Crippen LogP contribution in [0, 0.1) is 0 Å². The zero-order chi connectivity index (χ0) is 15.2. The molecule has 0 amide bonds. The molecule has 108 valence electrons. The summed E-state index contributed by atoms with van der Waals surface area (Å²) < 4.78 is 5.63. The number of carboxylic acid groups (broad SMARTS) is 1. The highest BCUT2D eigenvalue weighted by Gasteiger charge is 2.01. The summed E-state index contributed by atoms with van der Waals surface area (Å²) in [7, 11) is 0. The lowest BCUT2D eigenvalue weighted by molar-refractivity contribution is -0.131. The van der Waals surface area contributed by atoms with Crippen LogP contribution in [-0.4, -0.2) is 11.1 Å². The summed E-state index contributed by atoms with van der Waals surface area (Å²) in [5, 5.41) is 8.55.